The Bertz CT molecular complexity index is 495. The fourth-order valence-corrected chi connectivity index (χ4v) is 2.13. The molecule has 0 aliphatic heterocycles. The van der Waals surface area contributed by atoms with Crippen molar-refractivity contribution < 1.29 is 17.9 Å². The molecular formula is C13H18O4S. The first-order chi connectivity index (χ1) is 8.26. The van der Waals surface area contributed by atoms with E-state index in [9.17, 15) is 13.2 Å². The molecule has 18 heavy (non-hydrogen) atoms. The summed E-state index contributed by atoms with van der Waals surface area (Å²) in [6.07, 6.45) is 0.744. The highest BCUT2D eigenvalue weighted by Gasteiger charge is 2.28. The van der Waals surface area contributed by atoms with E-state index >= 15 is 0 Å². The normalized spacial score (nSPS) is 12.2. The lowest BCUT2D eigenvalue weighted by Gasteiger charge is -2.19. The molecule has 0 saturated heterocycles. The molecule has 0 saturated carbocycles. The predicted octanol–water partition coefficient (Wildman–Crippen LogP) is 2.09. The third-order valence-electron chi connectivity index (χ3n) is 2.57. The number of ether oxygens (including phenoxy) is 1. The molecule has 0 aliphatic carbocycles. The van der Waals surface area contributed by atoms with E-state index in [1.165, 1.54) is 0 Å². The molecule has 0 aromatic heterocycles. The van der Waals surface area contributed by atoms with Gasteiger partial charge in [0.1, 0.15) is 18.6 Å². The zero-order chi connectivity index (χ0) is 13.8. The number of sulfone groups is 1. The lowest BCUT2D eigenvalue weighted by atomic mass is 10.2. The van der Waals surface area contributed by atoms with Crippen LogP contribution in [-0.4, -0.2) is 31.8 Å². The van der Waals surface area contributed by atoms with Gasteiger partial charge in [0, 0.05) is 5.56 Å². The number of aldehydes is 1. The summed E-state index contributed by atoms with van der Waals surface area (Å²) < 4.78 is 28.2. The highest BCUT2D eigenvalue weighted by Crippen LogP contribution is 2.16. The number of carbonyl (C=O) groups excluding carboxylic acids is 1. The maximum absolute atomic E-state index is 11.8. The van der Waals surface area contributed by atoms with E-state index in [2.05, 4.69) is 0 Å². The lowest BCUT2D eigenvalue weighted by molar-refractivity contribution is 0.112. The average Bonchev–Trinajstić information content (AvgIpc) is 2.28. The van der Waals surface area contributed by atoms with Crippen molar-refractivity contribution in [2.75, 3.05) is 12.4 Å². The van der Waals surface area contributed by atoms with E-state index in [0.29, 0.717) is 11.3 Å². The second kappa shape index (κ2) is 5.52. The number of rotatable bonds is 5. The molecule has 0 radical (unpaired) electrons. The molecule has 0 heterocycles. The molecule has 0 aliphatic rings. The molecule has 0 atom stereocenters. The molecule has 1 aromatic carbocycles. The second-order valence-corrected chi connectivity index (χ2v) is 7.83. The van der Waals surface area contributed by atoms with E-state index in [1.54, 1.807) is 45.0 Å². The topological polar surface area (TPSA) is 60.4 Å². The molecule has 0 bridgehead atoms. The van der Waals surface area contributed by atoms with E-state index in [4.69, 9.17) is 4.74 Å². The van der Waals surface area contributed by atoms with Gasteiger partial charge in [0.15, 0.2) is 9.84 Å². The Labute approximate surface area is 108 Å². The van der Waals surface area contributed by atoms with Crippen molar-refractivity contribution in [3.63, 3.8) is 0 Å². The van der Waals surface area contributed by atoms with Crippen molar-refractivity contribution in [2.45, 2.75) is 25.5 Å². The average molecular weight is 270 g/mol. The van der Waals surface area contributed by atoms with Gasteiger partial charge < -0.3 is 4.74 Å². The first-order valence-corrected chi connectivity index (χ1v) is 7.32. The lowest BCUT2D eigenvalue weighted by Crippen LogP contribution is -2.32. The van der Waals surface area contributed by atoms with Gasteiger partial charge in [-0.05, 0) is 45.0 Å². The molecule has 1 rings (SSSR count). The summed E-state index contributed by atoms with van der Waals surface area (Å²) in [4.78, 5) is 10.5. The van der Waals surface area contributed by atoms with Crippen LogP contribution in [0.4, 0.5) is 0 Å². The molecule has 5 heteroatoms. The summed E-state index contributed by atoms with van der Waals surface area (Å²) in [6, 6.07) is 6.54. The molecule has 100 valence electrons. The predicted molar refractivity (Wildman–Crippen MR) is 70.9 cm³/mol. The highest BCUT2D eigenvalue weighted by molar-refractivity contribution is 7.92. The first-order valence-electron chi connectivity index (χ1n) is 5.66. The smallest absolute Gasteiger partial charge is 0.158 e. The minimum atomic E-state index is -3.16. The van der Waals surface area contributed by atoms with Gasteiger partial charge in [-0.3, -0.25) is 4.79 Å². The standard InChI is InChI=1S/C13H18O4S/c1-13(2,3)18(15,16)9-8-17-12-6-4-11(10-14)5-7-12/h4-7,10H,8-9H2,1-3H3. The summed E-state index contributed by atoms with van der Waals surface area (Å²) in [6.45, 7) is 5.11. The van der Waals surface area contributed by atoms with Gasteiger partial charge in [-0.2, -0.15) is 0 Å². The van der Waals surface area contributed by atoms with Crippen LogP contribution in [0.1, 0.15) is 31.1 Å². The minimum Gasteiger partial charge on any atom is -0.493 e. The Morgan fingerprint density at radius 3 is 2.17 bits per heavy atom. The Balaban J connectivity index is 2.54. The van der Waals surface area contributed by atoms with E-state index in [1.807, 2.05) is 0 Å². The van der Waals surface area contributed by atoms with Crippen molar-refractivity contribution in [3.8, 4) is 5.75 Å². The van der Waals surface area contributed by atoms with Crippen molar-refractivity contribution in [2.24, 2.45) is 0 Å². The quantitative estimate of drug-likeness (QED) is 0.769. The van der Waals surface area contributed by atoms with Crippen LogP contribution in [0, 0.1) is 0 Å². The van der Waals surface area contributed by atoms with Gasteiger partial charge in [-0.15, -0.1) is 0 Å². The molecule has 0 fully saturated rings. The van der Waals surface area contributed by atoms with Crippen LogP contribution in [0.15, 0.2) is 24.3 Å². The third-order valence-corrected chi connectivity index (χ3v) is 5.14. The second-order valence-electron chi connectivity index (χ2n) is 4.97. The Morgan fingerprint density at radius 1 is 1.17 bits per heavy atom. The van der Waals surface area contributed by atoms with Crippen LogP contribution in [-0.2, 0) is 9.84 Å². The van der Waals surface area contributed by atoms with Gasteiger partial charge in [0.25, 0.3) is 0 Å². The SMILES string of the molecule is CC(C)(C)S(=O)(=O)CCOc1ccc(C=O)cc1. The largest absolute Gasteiger partial charge is 0.493 e. The molecule has 1 aromatic rings. The summed E-state index contributed by atoms with van der Waals surface area (Å²) in [5.74, 6) is 0.538. The molecule has 0 amide bonds. The van der Waals surface area contributed by atoms with Crippen LogP contribution in [0.5, 0.6) is 5.75 Å². The third kappa shape index (κ3) is 3.84. The number of benzene rings is 1. The Morgan fingerprint density at radius 2 is 1.72 bits per heavy atom. The Kier molecular flexibility index (Phi) is 4.51. The maximum Gasteiger partial charge on any atom is 0.158 e. The zero-order valence-corrected chi connectivity index (χ0v) is 11.7. The van der Waals surface area contributed by atoms with E-state index in [0.717, 1.165) is 6.29 Å². The van der Waals surface area contributed by atoms with Crippen LogP contribution >= 0.6 is 0 Å². The van der Waals surface area contributed by atoms with Crippen molar-refractivity contribution >= 4 is 16.1 Å². The number of hydrogen-bond acceptors (Lipinski definition) is 4. The van der Waals surface area contributed by atoms with Gasteiger partial charge >= 0.3 is 0 Å². The van der Waals surface area contributed by atoms with Crippen LogP contribution < -0.4 is 4.74 Å². The minimum absolute atomic E-state index is 0.0219. The molecular weight excluding hydrogens is 252 g/mol. The van der Waals surface area contributed by atoms with Crippen LogP contribution in [0.2, 0.25) is 0 Å². The first kappa shape index (κ1) is 14.7. The summed E-state index contributed by atoms with van der Waals surface area (Å²) in [5.41, 5.74) is 0.560. The number of hydrogen-bond donors (Lipinski definition) is 0. The van der Waals surface area contributed by atoms with Crippen molar-refractivity contribution in [3.05, 3.63) is 29.8 Å². The summed E-state index contributed by atoms with van der Waals surface area (Å²) >= 11 is 0. The van der Waals surface area contributed by atoms with Gasteiger partial charge in [0.05, 0.1) is 10.5 Å². The summed E-state index contributed by atoms with van der Waals surface area (Å²) in [7, 11) is -3.16. The van der Waals surface area contributed by atoms with Gasteiger partial charge in [0.2, 0.25) is 0 Å². The molecule has 0 spiro atoms. The Hall–Kier alpha value is -1.36. The fourth-order valence-electron chi connectivity index (χ4n) is 1.22. The van der Waals surface area contributed by atoms with Crippen LogP contribution in [0.25, 0.3) is 0 Å². The van der Waals surface area contributed by atoms with E-state index < -0.39 is 14.6 Å². The van der Waals surface area contributed by atoms with Gasteiger partial charge in [-0.25, -0.2) is 8.42 Å². The van der Waals surface area contributed by atoms with Crippen molar-refractivity contribution in [1.82, 2.24) is 0 Å². The monoisotopic (exact) mass is 270 g/mol. The molecule has 0 unspecified atom stereocenters. The van der Waals surface area contributed by atoms with Crippen LogP contribution in [0.3, 0.4) is 0 Å². The molecule has 0 N–H and O–H groups in total. The number of carbonyl (C=O) groups is 1. The highest BCUT2D eigenvalue weighted by atomic mass is 32.2. The fraction of sp³-hybridized carbons (Fsp3) is 0.462. The summed E-state index contributed by atoms with van der Waals surface area (Å²) in [5, 5.41) is 0. The van der Waals surface area contributed by atoms with Gasteiger partial charge in [-0.1, -0.05) is 0 Å². The maximum atomic E-state index is 11.8. The van der Waals surface area contributed by atoms with Crippen molar-refractivity contribution in [1.29, 1.82) is 0 Å². The zero-order valence-electron chi connectivity index (χ0n) is 10.8. The molecule has 4 nitrogen and oxygen atoms in total. The van der Waals surface area contributed by atoms with E-state index in [-0.39, 0.29) is 12.4 Å².